The lowest BCUT2D eigenvalue weighted by molar-refractivity contribution is -0.883. The van der Waals surface area contributed by atoms with Crippen LogP contribution in [0.2, 0.25) is 0 Å². The summed E-state index contributed by atoms with van der Waals surface area (Å²) in [4.78, 5) is 11.9. The van der Waals surface area contributed by atoms with E-state index in [1.54, 1.807) is 0 Å². The third kappa shape index (κ3) is 3.96. The molecule has 0 radical (unpaired) electrons. The lowest BCUT2D eigenvalue weighted by atomic mass is 9.70. The Labute approximate surface area is 148 Å². The van der Waals surface area contributed by atoms with E-state index in [1.807, 2.05) is 0 Å². The zero-order valence-electron chi connectivity index (χ0n) is 16.9. The van der Waals surface area contributed by atoms with Gasteiger partial charge < -0.3 is 14.0 Å². The van der Waals surface area contributed by atoms with Crippen LogP contribution in [0.3, 0.4) is 0 Å². The number of carbonyl (C=O) groups is 1. The highest BCUT2D eigenvalue weighted by Gasteiger charge is 2.61. The van der Waals surface area contributed by atoms with Crippen LogP contribution in [-0.4, -0.2) is 57.0 Å². The Balaban J connectivity index is 1.76. The Morgan fingerprint density at radius 3 is 2.42 bits per heavy atom. The van der Waals surface area contributed by atoms with Gasteiger partial charge in [-0.3, -0.25) is 0 Å². The molecule has 2 fully saturated rings. The molecule has 0 N–H and O–H groups in total. The molecule has 2 aliphatic rings. The monoisotopic (exact) mass is 340 g/mol. The minimum atomic E-state index is -0.110. The lowest BCUT2D eigenvalue weighted by Gasteiger charge is -2.39. The van der Waals surface area contributed by atoms with Gasteiger partial charge in [0.25, 0.3) is 0 Å². The molecule has 0 spiro atoms. The minimum Gasteiger partial charge on any atom is -0.461 e. The molecule has 2 saturated carbocycles. The molecule has 4 nitrogen and oxygen atoms in total. The van der Waals surface area contributed by atoms with E-state index in [4.69, 9.17) is 9.47 Å². The van der Waals surface area contributed by atoms with Crippen LogP contribution in [0.15, 0.2) is 0 Å². The number of hydrogen-bond donors (Lipinski definition) is 0. The van der Waals surface area contributed by atoms with Crippen LogP contribution >= 0.6 is 0 Å². The molecule has 24 heavy (non-hydrogen) atoms. The molecular weight excluding hydrogens is 302 g/mol. The third-order valence-corrected chi connectivity index (χ3v) is 6.86. The van der Waals surface area contributed by atoms with E-state index in [1.165, 1.54) is 19.3 Å². The molecular formula is C20H38NO3+. The largest absolute Gasteiger partial charge is 0.461 e. The van der Waals surface area contributed by atoms with E-state index >= 15 is 0 Å². The SMILES string of the molecule is CC(C)COC(=O)C[N+](C)(C)CCO[C@@H]1C[C@H]2CC[C@@]1(C)C2(C)C. The smallest absolute Gasteiger partial charge is 0.361 e. The first-order chi connectivity index (χ1) is 11.0. The van der Waals surface area contributed by atoms with Crippen molar-refractivity contribution in [1.29, 1.82) is 0 Å². The van der Waals surface area contributed by atoms with Gasteiger partial charge >= 0.3 is 5.97 Å². The Morgan fingerprint density at radius 1 is 1.25 bits per heavy atom. The second-order valence-electron chi connectivity index (χ2n) is 9.86. The summed E-state index contributed by atoms with van der Waals surface area (Å²) in [7, 11) is 4.15. The highest BCUT2D eigenvalue weighted by atomic mass is 16.5. The van der Waals surface area contributed by atoms with Crippen LogP contribution in [0.5, 0.6) is 0 Å². The maximum absolute atomic E-state index is 11.9. The van der Waals surface area contributed by atoms with Crippen LogP contribution in [0.4, 0.5) is 0 Å². The van der Waals surface area contributed by atoms with Gasteiger partial charge in [-0.15, -0.1) is 0 Å². The second-order valence-corrected chi connectivity index (χ2v) is 9.86. The Bertz CT molecular complexity index is 458. The molecule has 0 aliphatic heterocycles. The number of quaternary nitrogens is 1. The lowest BCUT2D eigenvalue weighted by Crippen LogP contribution is -2.47. The maximum Gasteiger partial charge on any atom is 0.361 e. The Hall–Kier alpha value is -0.610. The van der Waals surface area contributed by atoms with Crippen molar-refractivity contribution in [2.45, 2.75) is 60.0 Å². The van der Waals surface area contributed by atoms with Crippen molar-refractivity contribution in [3.63, 3.8) is 0 Å². The molecule has 0 aromatic heterocycles. The zero-order valence-corrected chi connectivity index (χ0v) is 16.9. The van der Waals surface area contributed by atoms with E-state index in [-0.39, 0.29) is 5.97 Å². The van der Waals surface area contributed by atoms with Crippen molar-refractivity contribution in [2.75, 3.05) is 40.4 Å². The highest BCUT2D eigenvalue weighted by molar-refractivity contribution is 5.70. The molecule has 0 heterocycles. The summed E-state index contributed by atoms with van der Waals surface area (Å²) in [5.74, 6) is 1.08. The van der Waals surface area contributed by atoms with Gasteiger partial charge in [0, 0.05) is 0 Å². The summed E-state index contributed by atoms with van der Waals surface area (Å²) >= 11 is 0. The molecule has 0 saturated heterocycles. The van der Waals surface area contributed by atoms with Gasteiger partial charge in [0.05, 0.1) is 33.4 Å². The van der Waals surface area contributed by atoms with Gasteiger partial charge in [0.2, 0.25) is 0 Å². The third-order valence-electron chi connectivity index (χ3n) is 6.86. The average molecular weight is 341 g/mol. The first kappa shape index (κ1) is 19.7. The van der Waals surface area contributed by atoms with Crippen molar-refractivity contribution in [3.8, 4) is 0 Å². The number of rotatable bonds is 8. The normalized spacial score (nSPS) is 31.7. The van der Waals surface area contributed by atoms with Gasteiger partial charge in [-0.05, 0) is 41.9 Å². The van der Waals surface area contributed by atoms with Crippen LogP contribution in [0.25, 0.3) is 0 Å². The topological polar surface area (TPSA) is 35.5 Å². The summed E-state index contributed by atoms with van der Waals surface area (Å²) in [5, 5.41) is 0. The summed E-state index contributed by atoms with van der Waals surface area (Å²) in [6.07, 6.45) is 4.22. The minimum absolute atomic E-state index is 0.110. The summed E-state index contributed by atoms with van der Waals surface area (Å²) in [6, 6.07) is 0. The predicted octanol–water partition coefficient (Wildman–Crippen LogP) is 3.49. The molecule has 2 bridgehead atoms. The van der Waals surface area contributed by atoms with Gasteiger partial charge in [-0.2, -0.15) is 0 Å². The molecule has 2 aliphatic carbocycles. The summed E-state index contributed by atoms with van der Waals surface area (Å²) < 4.78 is 12.2. The Morgan fingerprint density at radius 2 is 1.92 bits per heavy atom. The van der Waals surface area contributed by atoms with E-state index in [0.717, 1.165) is 12.5 Å². The number of ether oxygens (including phenoxy) is 2. The predicted molar refractivity (Wildman–Crippen MR) is 96.6 cm³/mol. The Kier molecular flexibility index (Phi) is 5.71. The van der Waals surface area contributed by atoms with Gasteiger partial charge in [0.1, 0.15) is 6.54 Å². The number of nitrogens with zero attached hydrogens (tertiary/aromatic N) is 1. The summed E-state index contributed by atoms with van der Waals surface area (Å²) in [5.41, 5.74) is 0.702. The number of hydrogen-bond acceptors (Lipinski definition) is 3. The van der Waals surface area contributed by atoms with Crippen molar-refractivity contribution in [1.82, 2.24) is 0 Å². The molecule has 140 valence electrons. The van der Waals surface area contributed by atoms with Crippen molar-refractivity contribution < 1.29 is 18.8 Å². The van der Waals surface area contributed by atoms with E-state index in [2.05, 4.69) is 48.7 Å². The van der Waals surface area contributed by atoms with Crippen LogP contribution in [-0.2, 0) is 14.3 Å². The maximum atomic E-state index is 11.9. The highest BCUT2D eigenvalue weighted by Crippen LogP contribution is 2.66. The molecule has 0 unspecified atom stereocenters. The van der Waals surface area contributed by atoms with Gasteiger partial charge in [-0.25, -0.2) is 4.79 Å². The van der Waals surface area contributed by atoms with Crippen molar-refractivity contribution in [3.05, 3.63) is 0 Å². The molecule has 3 atom stereocenters. The first-order valence-corrected chi connectivity index (χ1v) is 9.57. The van der Waals surface area contributed by atoms with Crippen molar-refractivity contribution >= 4 is 5.97 Å². The summed E-state index contributed by atoms with van der Waals surface area (Å²) in [6.45, 7) is 13.8. The second kappa shape index (κ2) is 6.95. The van der Waals surface area contributed by atoms with E-state index in [0.29, 0.717) is 47.1 Å². The fourth-order valence-corrected chi connectivity index (χ4v) is 4.56. The molecule has 0 amide bonds. The standard InChI is InChI=1S/C20H38NO3/c1-15(2)14-24-18(22)13-21(6,7)10-11-23-17-12-16-8-9-20(17,5)19(16,3)4/h15-17H,8-14H2,1-7H3/q+1/t16-,17-,20-/m1/s1. The first-order valence-electron chi connectivity index (χ1n) is 9.57. The number of esters is 1. The fourth-order valence-electron chi connectivity index (χ4n) is 4.56. The van der Waals surface area contributed by atoms with Crippen LogP contribution in [0, 0.1) is 22.7 Å². The quantitative estimate of drug-likeness (QED) is 0.501. The van der Waals surface area contributed by atoms with Gasteiger partial charge in [-0.1, -0.05) is 34.6 Å². The number of carbonyl (C=O) groups excluding carboxylic acids is 1. The van der Waals surface area contributed by atoms with Crippen LogP contribution < -0.4 is 0 Å². The van der Waals surface area contributed by atoms with Crippen molar-refractivity contribution in [2.24, 2.45) is 22.7 Å². The zero-order chi connectivity index (χ0) is 18.2. The average Bonchev–Trinajstić information content (AvgIpc) is 2.77. The molecule has 0 aromatic rings. The van der Waals surface area contributed by atoms with Gasteiger partial charge in [0.15, 0.2) is 6.54 Å². The fraction of sp³-hybridized carbons (Fsp3) is 0.950. The molecule has 2 rings (SSSR count). The molecule has 0 aromatic carbocycles. The van der Waals surface area contributed by atoms with E-state index < -0.39 is 0 Å². The van der Waals surface area contributed by atoms with Crippen LogP contribution in [0.1, 0.15) is 53.9 Å². The molecule has 4 heteroatoms. The number of fused-ring (bicyclic) bond motifs is 2. The number of likely N-dealkylation sites (N-methyl/N-ethyl adjacent to an activating group) is 1. The van der Waals surface area contributed by atoms with E-state index in [9.17, 15) is 4.79 Å².